The molecule has 2 N–H and O–H groups in total. The quantitative estimate of drug-likeness (QED) is 0.530. The Morgan fingerprint density at radius 3 is 2.53 bits per heavy atom. The van der Waals surface area contributed by atoms with Crippen molar-refractivity contribution >= 4 is 5.97 Å². The molecule has 0 aromatic heterocycles. The summed E-state index contributed by atoms with van der Waals surface area (Å²) >= 11 is 0. The molecular formula is C29H47NO4. The number of rotatable bonds is 1. The van der Waals surface area contributed by atoms with Gasteiger partial charge in [-0.3, -0.25) is 10.1 Å². The highest BCUT2D eigenvalue weighted by molar-refractivity contribution is 5.66. The Hall–Kier alpha value is -0.650. The third-order valence-electron chi connectivity index (χ3n) is 12.4. The van der Waals surface area contributed by atoms with E-state index in [4.69, 9.17) is 9.47 Å². The number of aliphatic hydroxyl groups excluding tert-OH is 1. The van der Waals surface area contributed by atoms with Crippen LogP contribution in [-0.4, -0.2) is 41.7 Å². The van der Waals surface area contributed by atoms with Gasteiger partial charge in [-0.05, 0) is 104 Å². The number of hydrogen-bond acceptors (Lipinski definition) is 5. The number of esters is 1. The lowest BCUT2D eigenvalue weighted by Crippen LogP contribution is -2.65. The van der Waals surface area contributed by atoms with Gasteiger partial charge in [0, 0.05) is 19.4 Å². The highest BCUT2D eigenvalue weighted by atomic mass is 16.6. The third kappa shape index (κ3) is 3.18. The van der Waals surface area contributed by atoms with E-state index >= 15 is 0 Å². The van der Waals surface area contributed by atoms with Gasteiger partial charge in [0.25, 0.3) is 0 Å². The topological polar surface area (TPSA) is 67.8 Å². The van der Waals surface area contributed by atoms with E-state index in [1.165, 1.54) is 45.4 Å². The molecular weight excluding hydrogens is 426 g/mol. The summed E-state index contributed by atoms with van der Waals surface area (Å²) in [5.74, 6) is 4.20. The maximum atomic E-state index is 12.0. The molecule has 1 unspecified atom stereocenters. The summed E-state index contributed by atoms with van der Waals surface area (Å²) in [5.41, 5.74) is 0.190. The van der Waals surface area contributed by atoms with Crippen LogP contribution in [0.5, 0.6) is 0 Å². The second-order valence-electron chi connectivity index (χ2n) is 13.9. The van der Waals surface area contributed by atoms with Crippen molar-refractivity contribution in [2.75, 3.05) is 6.54 Å². The molecule has 0 aromatic carbocycles. The predicted molar refractivity (Wildman–Crippen MR) is 131 cm³/mol. The van der Waals surface area contributed by atoms with E-state index < -0.39 is 5.72 Å². The normalized spacial score (nSPS) is 58.5. The number of nitrogens with one attached hydrogen (secondary N) is 1. The van der Waals surface area contributed by atoms with Crippen LogP contribution in [0.1, 0.15) is 92.4 Å². The van der Waals surface area contributed by atoms with Gasteiger partial charge in [-0.1, -0.05) is 27.7 Å². The maximum absolute atomic E-state index is 12.0. The molecule has 6 rings (SSSR count). The van der Waals surface area contributed by atoms with E-state index in [1.54, 1.807) is 0 Å². The van der Waals surface area contributed by atoms with Gasteiger partial charge in [0.15, 0.2) is 5.72 Å². The van der Waals surface area contributed by atoms with E-state index in [0.717, 1.165) is 43.6 Å². The Bertz CT molecular complexity index is 833. The molecule has 34 heavy (non-hydrogen) atoms. The first-order chi connectivity index (χ1) is 16.1. The Morgan fingerprint density at radius 2 is 1.76 bits per heavy atom. The van der Waals surface area contributed by atoms with E-state index in [0.29, 0.717) is 34.5 Å². The predicted octanol–water partition coefficient (Wildman–Crippen LogP) is 4.91. The van der Waals surface area contributed by atoms with Gasteiger partial charge in [-0.2, -0.15) is 0 Å². The maximum Gasteiger partial charge on any atom is 0.303 e. The first-order valence-electron chi connectivity index (χ1n) is 14.4. The molecule has 6 aliphatic rings. The van der Waals surface area contributed by atoms with Crippen molar-refractivity contribution in [2.45, 2.75) is 116 Å². The van der Waals surface area contributed by atoms with Gasteiger partial charge in [0.2, 0.25) is 0 Å². The van der Waals surface area contributed by atoms with Gasteiger partial charge in [-0.25, -0.2) is 0 Å². The lowest BCUT2D eigenvalue weighted by atomic mass is 9.44. The fourth-order valence-corrected chi connectivity index (χ4v) is 10.9. The minimum Gasteiger partial charge on any atom is -0.458 e. The van der Waals surface area contributed by atoms with Gasteiger partial charge >= 0.3 is 5.97 Å². The number of carbonyl (C=O) groups is 1. The summed E-state index contributed by atoms with van der Waals surface area (Å²) in [6.45, 7) is 12.2. The first-order valence-corrected chi connectivity index (χ1v) is 14.4. The molecule has 4 saturated carbocycles. The molecule has 1 spiro atoms. The van der Waals surface area contributed by atoms with Gasteiger partial charge in [0.05, 0.1) is 12.2 Å². The molecule has 0 radical (unpaired) electrons. The minimum atomic E-state index is -0.526. The largest absolute Gasteiger partial charge is 0.458 e. The first kappa shape index (κ1) is 23.7. The highest BCUT2D eigenvalue weighted by Crippen LogP contribution is 2.71. The Morgan fingerprint density at radius 1 is 1.00 bits per heavy atom. The molecule has 5 heteroatoms. The van der Waals surface area contributed by atoms with Gasteiger partial charge in [-0.15, -0.1) is 0 Å². The average Bonchev–Trinajstić information content (AvgIpc) is 3.22. The molecule has 4 aliphatic carbocycles. The highest BCUT2D eigenvalue weighted by Gasteiger charge is 2.70. The molecule has 13 atom stereocenters. The number of aliphatic hydroxyl groups is 1. The van der Waals surface area contributed by atoms with Crippen molar-refractivity contribution in [1.29, 1.82) is 0 Å². The molecule has 2 saturated heterocycles. The molecule has 6 fully saturated rings. The molecule has 2 heterocycles. The average molecular weight is 474 g/mol. The lowest BCUT2D eigenvalue weighted by Gasteiger charge is -2.61. The van der Waals surface area contributed by atoms with Crippen molar-refractivity contribution in [1.82, 2.24) is 5.32 Å². The molecule has 192 valence electrons. The Balaban J connectivity index is 1.27. The summed E-state index contributed by atoms with van der Waals surface area (Å²) < 4.78 is 13.0. The standard InChI is InChI=1S/C29H47NO4/c1-16-12-25(33-18(3)31)29(30-15-16)17(2)26-24(34-29)14-23-21-7-6-19-13-20(32)8-10-27(19,4)22(21)9-11-28(23,26)5/h16-17,19-26,30,32H,6-15H2,1-5H3/t16-,17+,19+,20+,21-,22+,23+,24+,25?,26+,27+,28-,29+/m1/s1. The summed E-state index contributed by atoms with van der Waals surface area (Å²) in [7, 11) is 0. The van der Waals surface area contributed by atoms with E-state index in [2.05, 4.69) is 33.0 Å². The number of carbonyl (C=O) groups excluding carboxylic acids is 1. The molecule has 0 amide bonds. The second-order valence-corrected chi connectivity index (χ2v) is 13.9. The van der Waals surface area contributed by atoms with Crippen LogP contribution in [-0.2, 0) is 14.3 Å². The number of hydrogen-bond donors (Lipinski definition) is 2. The second kappa shape index (κ2) is 7.92. The number of fused-ring (bicyclic) bond motifs is 7. The summed E-state index contributed by atoms with van der Waals surface area (Å²) in [6, 6.07) is 0. The summed E-state index contributed by atoms with van der Waals surface area (Å²) in [6.07, 6.45) is 10.5. The van der Waals surface area contributed by atoms with Crippen molar-refractivity contribution < 1.29 is 19.4 Å². The molecule has 5 nitrogen and oxygen atoms in total. The fraction of sp³-hybridized carbons (Fsp3) is 0.966. The SMILES string of the molecule is CC(=O)OC1C[C@@H](C)CN[C@@]12O[C@H]1C[C@H]3[C@@H]4CC[C@H]5C[C@@H](O)CC[C@]5(C)[C@H]4CC[C@@]3(C)[C@H]1[C@@H]2C. The zero-order valence-corrected chi connectivity index (χ0v) is 22.0. The zero-order valence-electron chi connectivity index (χ0n) is 22.0. The van der Waals surface area contributed by atoms with Crippen LogP contribution >= 0.6 is 0 Å². The van der Waals surface area contributed by atoms with Crippen molar-refractivity contribution in [2.24, 2.45) is 52.3 Å². The Kier molecular flexibility index (Phi) is 5.53. The summed E-state index contributed by atoms with van der Waals surface area (Å²) in [4.78, 5) is 12.0. The van der Waals surface area contributed by atoms with Crippen molar-refractivity contribution in [3.05, 3.63) is 0 Å². The van der Waals surface area contributed by atoms with Crippen molar-refractivity contribution in [3.8, 4) is 0 Å². The monoisotopic (exact) mass is 473 g/mol. The minimum absolute atomic E-state index is 0.0735. The van der Waals surface area contributed by atoms with Crippen molar-refractivity contribution in [3.63, 3.8) is 0 Å². The summed E-state index contributed by atoms with van der Waals surface area (Å²) in [5, 5.41) is 14.1. The molecule has 2 aliphatic heterocycles. The number of ether oxygens (including phenoxy) is 2. The van der Waals surface area contributed by atoms with Crippen LogP contribution in [0.3, 0.4) is 0 Å². The van der Waals surface area contributed by atoms with Crippen LogP contribution < -0.4 is 5.32 Å². The third-order valence-corrected chi connectivity index (χ3v) is 12.4. The van der Waals surface area contributed by atoms with Crippen LogP contribution in [0.15, 0.2) is 0 Å². The zero-order chi connectivity index (χ0) is 24.0. The smallest absolute Gasteiger partial charge is 0.303 e. The van der Waals surface area contributed by atoms with E-state index in [9.17, 15) is 9.90 Å². The Labute approximate surface area is 206 Å². The van der Waals surface area contributed by atoms with Crippen LogP contribution in [0, 0.1) is 52.3 Å². The van der Waals surface area contributed by atoms with E-state index in [-0.39, 0.29) is 24.3 Å². The van der Waals surface area contributed by atoms with Gasteiger partial charge < -0.3 is 14.6 Å². The van der Waals surface area contributed by atoms with Gasteiger partial charge in [0.1, 0.15) is 6.10 Å². The van der Waals surface area contributed by atoms with Crippen LogP contribution in [0.25, 0.3) is 0 Å². The lowest BCUT2D eigenvalue weighted by molar-refractivity contribution is -0.201. The van der Waals surface area contributed by atoms with Crippen LogP contribution in [0.4, 0.5) is 0 Å². The van der Waals surface area contributed by atoms with E-state index in [1.807, 2.05) is 0 Å². The fourth-order valence-electron chi connectivity index (χ4n) is 10.9. The van der Waals surface area contributed by atoms with Crippen LogP contribution in [0.2, 0.25) is 0 Å². The molecule has 0 aromatic rings. The number of piperidine rings is 1. The molecule has 0 bridgehead atoms.